The molecule has 12 heteroatoms. The minimum atomic E-state index is -3.80. The molecule has 1 saturated heterocycles. The second-order valence-electron chi connectivity index (χ2n) is 7.39. The second kappa shape index (κ2) is 7.78. The van der Waals surface area contributed by atoms with Crippen LogP contribution in [-0.2, 0) is 10.0 Å². The average Bonchev–Trinajstić information content (AvgIpc) is 3.19. The molecule has 1 aliphatic heterocycles. The predicted octanol–water partition coefficient (Wildman–Crippen LogP) is 2.22. The number of nitrogens with zero attached hydrogens (tertiary/aromatic N) is 4. The fourth-order valence-corrected chi connectivity index (χ4v) is 5.64. The zero-order chi connectivity index (χ0) is 22.3. The van der Waals surface area contributed by atoms with E-state index in [0.29, 0.717) is 35.1 Å². The fraction of sp³-hybridized carbons (Fsp3) is 0.368. The van der Waals surface area contributed by atoms with Crippen LogP contribution in [0.3, 0.4) is 0 Å². The molecule has 164 valence electrons. The van der Waals surface area contributed by atoms with Crippen LogP contribution in [0.5, 0.6) is 0 Å². The van der Waals surface area contributed by atoms with Gasteiger partial charge in [-0.1, -0.05) is 5.16 Å². The number of carbonyl (C=O) groups is 1. The highest BCUT2D eigenvalue weighted by Gasteiger charge is 2.33. The van der Waals surface area contributed by atoms with Gasteiger partial charge in [0, 0.05) is 55.4 Å². The third-order valence-corrected chi connectivity index (χ3v) is 7.56. The molecular formula is C19H21N5O6S. The zero-order valence-electron chi connectivity index (χ0n) is 17.0. The Morgan fingerprint density at radius 1 is 1.23 bits per heavy atom. The monoisotopic (exact) mass is 447 g/mol. The highest BCUT2D eigenvalue weighted by atomic mass is 32.2. The van der Waals surface area contributed by atoms with Gasteiger partial charge in [-0.2, -0.15) is 4.31 Å². The lowest BCUT2D eigenvalue weighted by atomic mass is 10.1. The van der Waals surface area contributed by atoms with Crippen molar-refractivity contribution in [2.24, 2.45) is 0 Å². The first-order valence-electron chi connectivity index (χ1n) is 9.68. The lowest BCUT2D eigenvalue weighted by molar-refractivity contribution is -0.384. The standard InChI is InChI=1S/C19H21N5O6S/c1-12-18(13(2)30-21-12)31(28,29)23-7-3-6-22(8-9-23)19(25)16-11-20-17-5-4-14(24(26)27)10-15(16)17/h4-5,10-11,20H,3,6-9H2,1-2H3. The van der Waals surface area contributed by atoms with E-state index >= 15 is 0 Å². The van der Waals surface area contributed by atoms with Gasteiger partial charge in [0.05, 0.1) is 10.5 Å². The lowest BCUT2D eigenvalue weighted by Crippen LogP contribution is -2.37. The number of hydrogen-bond donors (Lipinski definition) is 1. The van der Waals surface area contributed by atoms with Crippen molar-refractivity contribution in [1.29, 1.82) is 0 Å². The third-order valence-electron chi connectivity index (χ3n) is 5.41. The van der Waals surface area contributed by atoms with Gasteiger partial charge in [0.25, 0.3) is 11.6 Å². The fourth-order valence-electron chi connectivity index (χ4n) is 3.88. The molecule has 0 saturated carbocycles. The first kappa shape index (κ1) is 21.0. The minimum Gasteiger partial charge on any atom is -0.360 e. The Bertz CT molecular complexity index is 1260. The van der Waals surface area contributed by atoms with E-state index in [1.54, 1.807) is 24.8 Å². The average molecular weight is 447 g/mol. The molecule has 3 aromatic rings. The molecular weight excluding hydrogens is 426 g/mol. The number of nitrogens with one attached hydrogen (secondary N) is 1. The van der Waals surface area contributed by atoms with Gasteiger partial charge in [0.15, 0.2) is 5.76 Å². The Hall–Kier alpha value is -3.25. The van der Waals surface area contributed by atoms with Crippen molar-refractivity contribution >= 4 is 32.5 Å². The Kier molecular flexibility index (Phi) is 5.27. The van der Waals surface area contributed by atoms with Crippen LogP contribution in [0.1, 0.15) is 28.2 Å². The van der Waals surface area contributed by atoms with Gasteiger partial charge in [-0.05, 0) is 26.3 Å². The van der Waals surface area contributed by atoms with Gasteiger partial charge in [0.2, 0.25) is 10.0 Å². The van der Waals surface area contributed by atoms with Crippen LogP contribution in [0.25, 0.3) is 10.9 Å². The topological polar surface area (TPSA) is 143 Å². The number of hydrogen-bond acceptors (Lipinski definition) is 7. The first-order valence-corrected chi connectivity index (χ1v) is 11.1. The van der Waals surface area contributed by atoms with Crippen LogP contribution in [-0.4, -0.2) is 64.8 Å². The molecule has 0 atom stereocenters. The number of aromatic amines is 1. The number of H-pyrrole nitrogens is 1. The molecule has 0 bridgehead atoms. The van der Waals surface area contributed by atoms with Crippen molar-refractivity contribution in [3.8, 4) is 0 Å². The van der Waals surface area contributed by atoms with Gasteiger partial charge in [-0.3, -0.25) is 14.9 Å². The molecule has 1 N–H and O–H groups in total. The summed E-state index contributed by atoms with van der Waals surface area (Å²) >= 11 is 0. The molecule has 2 aromatic heterocycles. The van der Waals surface area contributed by atoms with E-state index in [1.165, 1.54) is 22.6 Å². The maximum atomic E-state index is 13.1. The number of benzene rings is 1. The molecule has 1 aromatic carbocycles. The maximum absolute atomic E-state index is 13.1. The molecule has 11 nitrogen and oxygen atoms in total. The molecule has 1 aliphatic rings. The molecule has 0 aliphatic carbocycles. The number of nitro groups is 1. The summed E-state index contributed by atoms with van der Waals surface area (Å²) in [6.45, 7) is 4.08. The Morgan fingerprint density at radius 3 is 2.68 bits per heavy atom. The van der Waals surface area contributed by atoms with Gasteiger partial charge in [0.1, 0.15) is 10.6 Å². The first-order chi connectivity index (χ1) is 14.7. The molecule has 0 spiro atoms. The second-order valence-corrected chi connectivity index (χ2v) is 9.27. The predicted molar refractivity (Wildman–Crippen MR) is 110 cm³/mol. The molecule has 1 amide bonds. The number of aromatic nitrogens is 2. The molecule has 3 heterocycles. The van der Waals surface area contributed by atoms with Crippen molar-refractivity contribution in [3.63, 3.8) is 0 Å². The summed E-state index contributed by atoms with van der Waals surface area (Å²) in [7, 11) is -3.80. The molecule has 0 radical (unpaired) electrons. The van der Waals surface area contributed by atoms with Crippen LogP contribution < -0.4 is 0 Å². The summed E-state index contributed by atoms with van der Waals surface area (Å²) in [5.74, 6) is -0.0709. The normalized spacial score (nSPS) is 15.9. The Morgan fingerprint density at radius 2 is 2.00 bits per heavy atom. The molecule has 1 fully saturated rings. The number of nitro benzene ring substituents is 1. The molecule has 31 heavy (non-hydrogen) atoms. The number of carbonyl (C=O) groups excluding carboxylic acids is 1. The van der Waals surface area contributed by atoms with E-state index in [2.05, 4.69) is 10.1 Å². The Labute approximate surface area is 177 Å². The highest BCUT2D eigenvalue weighted by Crippen LogP contribution is 2.27. The Balaban J connectivity index is 1.57. The van der Waals surface area contributed by atoms with E-state index in [9.17, 15) is 23.3 Å². The lowest BCUT2D eigenvalue weighted by Gasteiger charge is -2.21. The minimum absolute atomic E-state index is 0.0659. The summed E-state index contributed by atoms with van der Waals surface area (Å²) in [5, 5.41) is 15.3. The number of amides is 1. The number of fused-ring (bicyclic) bond motifs is 1. The number of rotatable bonds is 4. The SMILES string of the molecule is Cc1noc(C)c1S(=O)(=O)N1CCCN(C(=O)c2c[nH]c3ccc([N+](=O)[O-])cc23)CC1. The quantitative estimate of drug-likeness (QED) is 0.477. The molecule has 4 rings (SSSR count). The number of aryl methyl sites for hydroxylation is 2. The molecule has 0 unspecified atom stereocenters. The summed E-state index contributed by atoms with van der Waals surface area (Å²) in [6, 6.07) is 4.30. The van der Waals surface area contributed by atoms with Crippen molar-refractivity contribution in [3.05, 3.63) is 51.5 Å². The summed E-state index contributed by atoms with van der Waals surface area (Å²) in [5.41, 5.74) is 1.14. The summed E-state index contributed by atoms with van der Waals surface area (Å²) < 4.78 is 32.5. The van der Waals surface area contributed by atoms with E-state index in [-0.39, 0.29) is 41.9 Å². The maximum Gasteiger partial charge on any atom is 0.270 e. The van der Waals surface area contributed by atoms with Crippen molar-refractivity contribution in [2.75, 3.05) is 26.2 Å². The number of non-ortho nitro benzene ring substituents is 1. The third kappa shape index (κ3) is 3.68. The van der Waals surface area contributed by atoms with Gasteiger partial charge >= 0.3 is 0 Å². The van der Waals surface area contributed by atoms with E-state index in [4.69, 9.17) is 4.52 Å². The van der Waals surface area contributed by atoms with Crippen molar-refractivity contribution in [2.45, 2.75) is 25.2 Å². The van der Waals surface area contributed by atoms with Crippen molar-refractivity contribution in [1.82, 2.24) is 19.3 Å². The number of sulfonamides is 1. The van der Waals surface area contributed by atoms with Gasteiger partial charge < -0.3 is 14.4 Å². The van der Waals surface area contributed by atoms with Gasteiger partial charge in [-0.15, -0.1) is 0 Å². The largest absolute Gasteiger partial charge is 0.360 e. The highest BCUT2D eigenvalue weighted by molar-refractivity contribution is 7.89. The van der Waals surface area contributed by atoms with Crippen LogP contribution in [0.15, 0.2) is 33.8 Å². The van der Waals surface area contributed by atoms with Crippen LogP contribution in [0.4, 0.5) is 5.69 Å². The van der Waals surface area contributed by atoms with Crippen LogP contribution in [0, 0.1) is 24.0 Å². The van der Waals surface area contributed by atoms with Crippen molar-refractivity contribution < 1.29 is 22.7 Å². The summed E-state index contributed by atoms with van der Waals surface area (Å²) in [4.78, 5) is 28.3. The summed E-state index contributed by atoms with van der Waals surface area (Å²) in [6.07, 6.45) is 1.98. The van der Waals surface area contributed by atoms with E-state index in [1.807, 2.05) is 0 Å². The zero-order valence-corrected chi connectivity index (χ0v) is 17.8. The van der Waals surface area contributed by atoms with Crippen LogP contribution >= 0.6 is 0 Å². The van der Waals surface area contributed by atoms with E-state index in [0.717, 1.165) is 0 Å². The van der Waals surface area contributed by atoms with Crippen LogP contribution in [0.2, 0.25) is 0 Å². The van der Waals surface area contributed by atoms with E-state index < -0.39 is 14.9 Å². The van der Waals surface area contributed by atoms with Gasteiger partial charge in [-0.25, -0.2) is 8.42 Å². The smallest absolute Gasteiger partial charge is 0.270 e.